The minimum atomic E-state index is -4.92. The number of methoxy groups -OCH3 is 1. The van der Waals surface area contributed by atoms with Crippen LogP contribution in [0.5, 0.6) is 0 Å². The van der Waals surface area contributed by atoms with E-state index in [0.717, 1.165) is 0 Å². The van der Waals surface area contributed by atoms with Gasteiger partial charge in [0.25, 0.3) is 5.91 Å². The molecule has 3 rings (SSSR count). The third kappa shape index (κ3) is 6.04. The molecule has 0 saturated heterocycles. The van der Waals surface area contributed by atoms with E-state index in [9.17, 15) is 17.8 Å². The third-order valence-corrected chi connectivity index (χ3v) is 6.87. The predicted molar refractivity (Wildman–Crippen MR) is 139 cm³/mol. The minimum Gasteiger partial charge on any atom is -0.380 e. The highest BCUT2D eigenvalue weighted by atomic mass is 35.5. The molecule has 1 aromatic carbocycles. The summed E-state index contributed by atoms with van der Waals surface area (Å²) in [7, 11) is -1.85. The molecule has 2 aromatic heterocycles. The molecule has 2 heterocycles. The van der Waals surface area contributed by atoms with Gasteiger partial charge in [0.15, 0.2) is 5.69 Å². The summed E-state index contributed by atoms with van der Waals surface area (Å²) >= 11 is 6.01. The maximum absolute atomic E-state index is 13.5. The fraction of sp³-hybridized carbons (Fsp3) is 0.375. The van der Waals surface area contributed by atoms with Gasteiger partial charge in [-0.2, -0.15) is 13.5 Å². The summed E-state index contributed by atoms with van der Waals surface area (Å²) in [5.41, 5.74) is 0.876. The van der Waals surface area contributed by atoms with Crippen LogP contribution in [0, 0.1) is 5.41 Å². The van der Waals surface area contributed by atoms with Crippen molar-refractivity contribution < 1.29 is 22.5 Å². The van der Waals surface area contributed by atoms with E-state index in [1.54, 1.807) is 12.3 Å². The van der Waals surface area contributed by atoms with Crippen molar-refractivity contribution in [1.82, 2.24) is 20.1 Å². The van der Waals surface area contributed by atoms with E-state index in [2.05, 4.69) is 15.4 Å². The molecule has 36 heavy (non-hydrogen) atoms. The van der Waals surface area contributed by atoms with Gasteiger partial charge in [-0.3, -0.25) is 19.0 Å². The number of nitrogens with zero attached hydrogens (tertiary/aromatic N) is 4. The summed E-state index contributed by atoms with van der Waals surface area (Å²) in [5.74, 6) is -0.558. The number of benzene rings is 1. The smallest absolute Gasteiger partial charge is 0.364 e. The zero-order chi connectivity index (χ0) is 26.8. The van der Waals surface area contributed by atoms with Crippen molar-refractivity contribution in [2.45, 2.75) is 40.3 Å². The third-order valence-electron chi connectivity index (χ3n) is 5.76. The maximum Gasteiger partial charge on any atom is 0.364 e. The number of carbonyl (C=O) groups excluding carboxylic acids is 1. The van der Waals surface area contributed by atoms with Crippen LogP contribution >= 0.6 is 11.6 Å². The molecular weight excluding hydrogens is 506 g/mol. The first-order chi connectivity index (χ1) is 16.7. The first-order valence-corrected chi connectivity index (χ1v) is 12.9. The average molecular weight is 536 g/mol. The Morgan fingerprint density at radius 2 is 1.89 bits per heavy atom. The van der Waals surface area contributed by atoms with Crippen molar-refractivity contribution in [2.24, 2.45) is 12.5 Å². The lowest BCUT2D eigenvalue weighted by molar-refractivity contribution is 0.0901. The van der Waals surface area contributed by atoms with Crippen molar-refractivity contribution in [2.75, 3.05) is 11.4 Å². The molecule has 0 aliphatic rings. The van der Waals surface area contributed by atoms with Crippen LogP contribution in [-0.4, -0.2) is 46.8 Å². The lowest BCUT2D eigenvalue weighted by atomic mass is 9.88. The zero-order valence-corrected chi connectivity index (χ0v) is 22.6. The molecule has 0 bridgehead atoms. The molecule has 10 nitrogen and oxygen atoms in total. The summed E-state index contributed by atoms with van der Waals surface area (Å²) in [6.07, 6.45) is 3.10. The highest BCUT2D eigenvalue weighted by molar-refractivity contribution is 7.87. The number of halogens is 1. The Labute approximate surface area is 216 Å². The fourth-order valence-electron chi connectivity index (χ4n) is 3.45. The Balaban J connectivity index is 2.32. The molecular formula is C24H30ClN5O5S. The number of rotatable bonds is 8. The van der Waals surface area contributed by atoms with Gasteiger partial charge >= 0.3 is 10.3 Å². The molecule has 12 heteroatoms. The topological polar surface area (TPSA) is 127 Å². The van der Waals surface area contributed by atoms with Gasteiger partial charge in [0.1, 0.15) is 11.4 Å². The second kappa shape index (κ2) is 10.6. The number of carbonyl (C=O) groups is 1. The van der Waals surface area contributed by atoms with Gasteiger partial charge in [0.05, 0.1) is 12.3 Å². The van der Waals surface area contributed by atoms with E-state index >= 15 is 0 Å². The predicted octanol–water partition coefficient (Wildman–Crippen LogP) is 4.39. The molecule has 3 aromatic rings. The van der Waals surface area contributed by atoms with E-state index < -0.39 is 16.2 Å². The number of amides is 1. The van der Waals surface area contributed by atoms with Gasteiger partial charge in [-0.15, -0.1) is 0 Å². The van der Waals surface area contributed by atoms with Crippen LogP contribution in [0.3, 0.4) is 0 Å². The van der Waals surface area contributed by atoms with Crippen molar-refractivity contribution >= 4 is 39.2 Å². The number of ether oxygens (including phenoxy) is 1. The largest absolute Gasteiger partial charge is 0.380 e. The first-order valence-electron chi connectivity index (χ1n) is 11.1. The number of pyridine rings is 1. The average Bonchev–Trinajstić information content (AvgIpc) is 3.10. The standard InChI is InChI=1S/C24H30ClN5O5S/c1-15(24(2,3)4)27-23(31)22-21(30(36(32,33)34)19-9-7-18(25)8-10-19)20(28-29(22)5)17-11-16(14-35-6)12-26-13-17/h7-13,15H,14H2,1-6H3,(H,27,31)(H,32,33,34)/t15-/m0/s1. The molecule has 0 aliphatic heterocycles. The summed E-state index contributed by atoms with van der Waals surface area (Å²) in [4.78, 5) is 17.8. The second-order valence-corrected chi connectivity index (χ2v) is 11.2. The molecule has 0 unspecified atom stereocenters. The van der Waals surface area contributed by atoms with Crippen LogP contribution < -0.4 is 9.62 Å². The van der Waals surface area contributed by atoms with E-state index in [1.165, 1.54) is 49.3 Å². The SMILES string of the molecule is COCc1cncc(-c2nn(C)c(C(=O)N[C@@H](C)C(C)(C)C)c2N(c2ccc(Cl)cc2)S(=O)(=O)O)c1. The van der Waals surface area contributed by atoms with Gasteiger partial charge in [-0.1, -0.05) is 32.4 Å². The Morgan fingerprint density at radius 1 is 1.25 bits per heavy atom. The molecule has 0 radical (unpaired) electrons. The van der Waals surface area contributed by atoms with Crippen LogP contribution in [0.25, 0.3) is 11.3 Å². The lowest BCUT2D eigenvalue weighted by Crippen LogP contribution is -2.42. The zero-order valence-electron chi connectivity index (χ0n) is 21.0. The molecule has 1 atom stereocenters. The molecule has 0 aliphatic carbocycles. The number of anilines is 2. The number of nitrogens with one attached hydrogen (secondary N) is 1. The van der Waals surface area contributed by atoms with Crippen LogP contribution in [0.15, 0.2) is 42.7 Å². The quantitative estimate of drug-likeness (QED) is 0.409. The summed E-state index contributed by atoms with van der Waals surface area (Å²) < 4.78 is 43.1. The molecule has 2 N–H and O–H groups in total. The van der Waals surface area contributed by atoms with Gasteiger partial charge in [0, 0.05) is 43.2 Å². The molecule has 0 spiro atoms. The highest BCUT2D eigenvalue weighted by Crippen LogP contribution is 2.40. The van der Waals surface area contributed by atoms with E-state index in [4.69, 9.17) is 16.3 Å². The van der Waals surface area contributed by atoms with Crippen LogP contribution in [0.2, 0.25) is 5.02 Å². The molecule has 194 valence electrons. The number of hydrogen-bond acceptors (Lipinski definition) is 6. The number of aryl methyl sites for hydroxylation is 1. The monoisotopic (exact) mass is 535 g/mol. The Hall–Kier alpha value is -2.99. The highest BCUT2D eigenvalue weighted by Gasteiger charge is 2.35. The van der Waals surface area contributed by atoms with Crippen molar-refractivity contribution in [1.29, 1.82) is 0 Å². The van der Waals surface area contributed by atoms with Gasteiger partial charge in [-0.25, -0.2) is 4.31 Å². The number of aromatic nitrogens is 3. The van der Waals surface area contributed by atoms with Gasteiger partial charge in [-0.05, 0) is 48.2 Å². The van der Waals surface area contributed by atoms with Gasteiger partial charge < -0.3 is 10.1 Å². The van der Waals surface area contributed by atoms with Crippen LogP contribution in [-0.2, 0) is 28.7 Å². The Morgan fingerprint density at radius 3 is 2.44 bits per heavy atom. The maximum atomic E-state index is 13.5. The molecule has 0 fully saturated rings. The molecule has 1 amide bonds. The first kappa shape index (κ1) is 27.6. The second-order valence-electron chi connectivity index (χ2n) is 9.46. The normalized spacial score (nSPS) is 12.9. The summed E-state index contributed by atoms with van der Waals surface area (Å²) in [6, 6.07) is 7.27. The van der Waals surface area contributed by atoms with E-state index in [-0.39, 0.29) is 40.8 Å². The summed E-state index contributed by atoms with van der Waals surface area (Å²) in [5, 5.41) is 7.77. The lowest BCUT2D eigenvalue weighted by Gasteiger charge is -2.28. The number of hydrogen-bond donors (Lipinski definition) is 2. The van der Waals surface area contributed by atoms with Crippen molar-refractivity contribution in [3.63, 3.8) is 0 Å². The Kier molecular flexibility index (Phi) is 8.09. The van der Waals surface area contributed by atoms with Crippen LogP contribution in [0.4, 0.5) is 11.4 Å². The van der Waals surface area contributed by atoms with Crippen molar-refractivity contribution in [3.05, 3.63) is 59.0 Å². The van der Waals surface area contributed by atoms with Crippen LogP contribution in [0.1, 0.15) is 43.7 Å². The fourth-order valence-corrected chi connectivity index (χ4v) is 4.37. The summed E-state index contributed by atoms with van der Waals surface area (Å²) in [6.45, 7) is 8.03. The van der Waals surface area contributed by atoms with Gasteiger partial charge in [0.2, 0.25) is 0 Å². The minimum absolute atomic E-state index is 0.0641. The van der Waals surface area contributed by atoms with E-state index in [0.29, 0.717) is 20.5 Å². The van der Waals surface area contributed by atoms with E-state index in [1.807, 2.05) is 27.7 Å². The molecule has 0 saturated carbocycles. The van der Waals surface area contributed by atoms with Crippen molar-refractivity contribution in [3.8, 4) is 11.3 Å². The Bertz CT molecular complexity index is 1350.